The molecule has 3 N–H and O–H groups in total. The van der Waals surface area contributed by atoms with E-state index in [2.05, 4.69) is 10.0 Å². The van der Waals surface area contributed by atoms with E-state index < -0.39 is 21.9 Å². The summed E-state index contributed by atoms with van der Waals surface area (Å²) in [5.41, 5.74) is -0.0579. The molecule has 1 aliphatic carbocycles. The molecule has 1 aromatic heterocycles. The molecule has 1 fully saturated rings. The molecule has 0 aliphatic heterocycles. The van der Waals surface area contributed by atoms with Crippen LogP contribution in [0.4, 0.5) is 0 Å². The molecule has 0 unspecified atom stereocenters. The lowest BCUT2D eigenvalue weighted by molar-refractivity contribution is 0.0694. The third-order valence-corrected chi connectivity index (χ3v) is 5.41. The smallest absolute Gasteiger partial charge is 0.339 e. The molecule has 0 saturated heterocycles. The van der Waals surface area contributed by atoms with Gasteiger partial charge in [0.2, 0.25) is 10.0 Å². The topological polar surface area (TPSA) is 126 Å². The van der Waals surface area contributed by atoms with Crippen LogP contribution in [0.2, 0.25) is 0 Å². The second-order valence-electron chi connectivity index (χ2n) is 5.83. The highest BCUT2D eigenvalue weighted by Crippen LogP contribution is 2.25. The van der Waals surface area contributed by atoms with Gasteiger partial charge in [-0.3, -0.25) is 4.79 Å². The van der Waals surface area contributed by atoms with Crippen molar-refractivity contribution in [3.05, 3.63) is 23.2 Å². The number of hydrogen-bond donors (Lipinski definition) is 3. The van der Waals surface area contributed by atoms with Crippen LogP contribution in [0.25, 0.3) is 0 Å². The quantitative estimate of drug-likeness (QED) is 0.604. The van der Waals surface area contributed by atoms with Crippen molar-refractivity contribution in [3.63, 3.8) is 0 Å². The first-order valence-corrected chi connectivity index (χ1v) is 9.59. The number of furan rings is 1. The summed E-state index contributed by atoms with van der Waals surface area (Å²) < 4.78 is 31.4. The molecule has 1 aliphatic rings. The minimum atomic E-state index is -3.44. The molecule has 2 rings (SSSR count). The van der Waals surface area contributed by atoms with Crippen LogP contribution in [0.3, 0.4) is 0 Å². The number of amides is 1. The lowest BCUT2D eigenvalue weighted by Gasteiger charge is -2.25. The van der Waals surface area contributed by atoms with Gasteiger partial charge in [-0.15, -0.1) is 0 Å². The van der Waals surface area contributed by atoms with Crippen molar-refractivity contribution in [2.24, 2.45) is 5.92 Å². The van der Waals surface area contributed by atoms with Gasteiger partial charge >= 0.3 is 5.97 Å². The molecule has 0 spiro atoms. The lowest BCUT2D eigenvalue weighted by Crippen LogP contribution is -2.37. The minimum absolute atomic E-state index is 0.0579. The van der Waals surface area contributed by atoms with Gasteiger partial charge in [0.05, 0.1) is 5.75 Å². The molecule has 8 nitrogen and oxygen atoms in total. The monoisotopic (exact) mass is 358 g/mol. The van der Waals surface area contributed by atoms with Crippen molar-refractivity contribution >= 4 is 21.9 Å². The number of carboxylic acids is 1. The Bertz CT molecular complexity index is 706. The van der Waals surface area contributed by atoms with Gasteiger partial charge in [-0.25, -0.2) is 17.9 Å². The van der Waals surface area contributed by atoms with Gasteiger partial charge < -0.3 is 14.8 Å². The van der Waals surface area contributed by atoms with E-state index >= 15 is 0 Å². The first-order chi connectivity index (χ1) is 11.3. The van der Waals surface area contributed by atoms with Gasteiger partial charge in [0.1, 0.15) is 11.3 Å². The van der Waals surface area contributed by atoms with E-state index in [9.17, 15) is 18.0 Å². The van der Waals surface area contributed by atoms with Crippen LogP contribution in [0, 0.1) is 5.92 Å². The van der Waals surface area contributed by atoms with E-state index in [0.29, 0.717) is 18.9 Å². The van der Waals surface area contributed by atoms with E-state index in [1.807, 2.05) is 0 Å². The maximum atomic E-state index is 11.9. The van der Waals surface area contributed by atoms with Crippen molar-refractivity contribution in [2.45, 2.75) is 32.6 Å². The summed E-state index contributed by atoms with van der Waals surface area (Å²) in [5.74, 6) is -1.55. The number of rotatable bonds is 9. The largest absolute Gasteiger partial charge is 0.478 e. The Morgan fingerprint density at radius 2 is 2.08 bits per heavy atom. The van der Waals surface area contributed by atoms with E-state index in [-0.39, 0.29) is 29.4 Å². The second kappa shape index (κ2) is 7.80. The second-order valence-corrected chi connectivity index (χ2v) is 7.75. The fourth-order valence-corrected chi connectivity index (χ4v) is 3.39. The highest BCUT2D eigenvalue weighted by molar-refractivity contribution is 7.89. The first-order valence-electron chi connectivity index (χ1n) is 7.94. The van der Waals surface area contributed by atoms with Gasteiger partial charge in [0, 0.05) is 25.6 Å². The SMILES string of the molecule is CCc1oc(C(=O)NCCS(=O)(=O)NCC2CCC2)cc1C(=O)O. The summed E-state index contributed by atoms with van der Waals surface area (Å²) in [6.07, 6.45) is 3.57. The van der Waals surface area contributed by atoms with Gasteiger partial charge in [-0.2, -0.15) is 0 Å². The van der Waals surface area contributed by atoms with Crippen LogP contribution in [0.15, 0.2) is 10.5 Å². The zero-order chi connectivity index (χ0) is 17.7. The van der Waals surface area contributed by atoms with Crippen molar-refractivity contribution in [2.75, 3.05) is 18.8 Å². The maximum Gasteiger partial charge on any atom is 0.339 e. The average Bonchev–Trinajstić information content (AvgIpc) is 2.89. The zero-order valence-electron chi connectivity index (χ0n) is 13.5. The summed E-state index contributed by atoms with van der Waals surface area (Å²) in [6.45, 7) is 2.08. The molecule has 1 aromatic rings. The number of nitrogens with one attached hydrogen (secondary N) is 2. The predicted molar refractivity (Wildman–Crippen MR) is 86.5 cm³/mol. The maximum absolute atomic E-state index is 11.9. The number of carboxylic acid groups (broad SMARTS) is 1. The Balaban J connectivity index is 1.83. The van der Waals surface area contributed by atoms with Crippen LogP contribution in [-0.4, -0.2) is 44.2 Å². The number of aromatic carboxylic acids is 1. The molecular formula is C15H22N2O6S. The van der Waals surface area contributed by atoms with Gasteiger partial charge in [-0.05, 0) is 18.8 Å². The lowest BCUT2D eigenvalue weighted by atomic mass is 9.86. The van der Waals surface area contributed by atoms with Gasteiger partial charge in [0.25, 0.3) is 5.91 Å². The normalized spacial score (nSPS) is 15.0. The molecule has 0 bridgehead atoms. The fraction of sp³-hybridized carbons (Fsp3) is 0.600. The third kappa shape index (κ3) is 4.81. The molecule has 1 saturated carbocycles. The van der Waals surface area contributed by atoms with Crippen molar-refractivity contribution in [1.82, 2.24) is 10.0 Å². The van der Waals surface area contributed by atoms with Crippen LogP contribution >= 0.6 is 0 Å². The molecule has 0 atom stereocenters. The highest BCUT2D eigenvalue weighted by Gasteiger charge is 2.22. The Labute approximate surface area is 140 Å². The Hall–Kier alpha value is -1.87. The molecule has 0 radical (unpaired) electrons. The number of aryl methyl sites for hydroxylation is 1. The Morgan fingerprint density at radius 3 is 2.58 bits per heavy atom. The molecule has 1 amide bonds. The molecule has 9 heteroatoms. The van der Waals surface area contributed by atoms with Crippen LogP contribution in [0.5, 0.6) is 0 Å². The molecule has 134 valence electrons. The summed E-state index contributed by atoms with van der Waals surface area (Å²) in [7, 11) is -3.44. The molecule has 24 heavy (non-hydrogen) atoms. The molecular weight excluding hydrogens is 336 g/mol. The van der Waals surface area contributed by atoms with Crippen LogP contribution < -0.4 is 10.0 Å². The standard InChI is InChI=1S/C15H22N2O6S/c1-2-12-11(15(19)20)8-13(23-12)14(18)16-6-7-24(21,22)17-9-10-4-3-5-10/h8,10,17H,2-7,9H2,1H3,(H,16,18)(H,19,20). The van der Waals surface area contributed by atoms with Crippen LogP contribution in [0.1, 0.15) is 52.9 Å². The van der Waals surface area contributed by atoms with Gasteiger partial charge in [0.15, 0.2) is 5.76 Å². The highest BCUT2D eigenvalue weighted by atomic mass is 32.2. The summed E-state index contributed by atoms with van der Waals surface area (Å²) >= 11 is 0. The molecule has 1 heterocycles. The van der Waals surface area contributed by atoms with E-state index in [1.54, 1.807) is 6.92 Å². The predicted octanol–water partition coefficient (Wildman–Crippen LogP) is 0.989. The number of carbonyl (C=O) groups excluding carboxylic acids is 1. The summed E-state index contributed by atoms with van der Waals surface area (Å²) in [5, 5.41) is 11.5. The average molecular weight is 358 g/mol. The molecule has 0 aromatic carbocycles. The van der Waals surface area contributed by atoms with Crippen molar-refractivity contribution < 1.29 is 27.5 Å². The Kier molecular flexibility index (Phi) is 6.00. The zero-order valence-corrected chi connectivity index (χ0v) is 14.3. The number of hydrogen-bond acceptors (Lipinski definition) is 5. The number of carbonyl (C=O) groups is 2. The fourth-order valence-electron chi connectivity index (χ4n) is 2.38. The van der Waals surface area contributed by atoms with Crippen molar-refractivity contribution in [3.8, 4) is 0 Å². The van der Waals surface area contributed by atoms with E-state index in [1.165, 1.54) is 0 Å². The van der Waals surface area contributed by atoms with Gasteiger partial charge in [-0.1, -0.05) is 13.3 Å². The van der Waals surface area contributed by atoms with Crippen molar-refractivity contribution in [1.29, 1.82) is 0 Å². The van der Waals surface area contributed by atoms with E-state index in [0.717, 1.165) is 25.3 Å². The number of sulfonamides is 1. The van der Waals surface area contributed by atoms with E-state index in [4.69, 9.17) is 9.52 Å². The summed E-state index contributed by atoms with van der Waals surface area (Å²) in [6, 6.07) is 1.15. The van der Waals surface area contributed by atoms with Crippen LogP contribution in [-0.2, 0) is 16.4 Å². The Morgan fingerprint density at radius 1 is 1.38 bits per heavy atom. The third-order valence-electron chi connectivity index (χ3n) is 4.06. The minimum Gasteiger partial charge on any atom is -0.478 e. The first kappa shape index (κ1) is 18.5. The summed E-state index contributed by atoms with van der Waals surface area (Å²) in [4.78, 5) is 23.0.